The van der Waals surface area contributed by atoms with Crippen molar-refractivity contribution in [2.24, 2.45) is 0 Å². The zero-order valence-corrected chi connectivity index (χ0v) is 64.2. The van der Waals surface area contributed by atoms with Crippen molar-refractivity contribution in [3.63, 3.8) is 0 Å². The van der Waals surface area contributed by atoms with Crippen LogP contribution < -0.4 is 0 Å². The van der Waals surface area contributed by atoms with Gasteiger partial charge in [0.1, 0.15) is 25.4 Å². The lowest BCUT2D eigenvalue weighted by atomic mass is 10.0. The van der Waals surface area contributed by atoms with Gasteiger partial charge in [-0.25, -0.2) is 9.13 Å². The molecule has 0 aliphatic rings. The maximum absolute atomic E-state index is 12.9. The first-order valence-electron chi connectivity index (χ1n) is 39.2. The van der Waals surface area contributed by atoms with Crippen LogP contribution in [0.1, 0.15) is 329 Å². The second kappa shape index (κ2) is 73.9. The molecule has 0 aromatic heterocycles. The molecular weight excluding hydrogens is 1290 g/mol. The average Bonchev–Trinajstić information content (AvgIpc) is 1.19. The molecule has 16 nitrogen and oxygen atoms in total. The third-order valence-electron chi connectivity index (χ3n) is 16.5. The van der Waals surface area contributed by atoms with E-state index < -0.39 is 91.5 Å². The number of aliphatic hydroxyl groups excluding tert-OH is 2. The summed E-state index contributed by atoms with van der Waals surface area (Å²) in [5, 5.41) is 20.6. The van der Waals surface area contributed by atoms with Gasteiger partial charge in [0.25, 0.3) is 0 Å². The van der Waals surface area contributed by atoms with Crippen molar-refractivity contribution in [2.45, 2.75) is 347 Å². The molecule has 0 amide bonds. The standard InChI is InChI=1S/C81H142O16P2/c1-4-7-10-13-16-19-22-24-26-28-29-30-31-32-33-34-35-36-37-38-39-40-41-42-43-44-45-47-49-50-53-55-58-61-64-67-79(84)91-70-76(82)71-93-98(87,88)94-72-77(83)73-95-99(89,90)96-75-78(97-81(86)69-66-63-60-57-52-21-18-15-12-9-6-3)74-92-80(85)68-65-62-59-56-54-51-48-46-27-25-23-20-17-14-11-8-5-2/h7-8,10-11,16-17,19-20,24-27,29-30,32-33,35-36,76-78,82-83H,4-6,9,12-15,18,21-23,28,31,34,37-75H2,1-3H3,(H,87,88)(H,89,90)/b10-7-,11-8-,19-16-,20-17-,26-24-,27-25-,30-29-,33-32-,36-35-. The van der Waals surface area contributed by atoms with Crippen LogP contribution in [0.2, 0.25) is 0 Å². The fourth-order valence-corrected chi connectivity index (χ4v) is 12.2. The Bertz CT molecular complexity index is 2240. The topological polar surface area (TPSA) is 231 Å². The van der Waals surface area contributed by atoms with Gasteiger partial charge in [0.2, 0.25) is 0 Å². The maximum atomic E-state index is 12.9. The minimum atomic E-state index is -4.92. The maximum Gasteiger partial charge on any atom is 0.472 e. The largest absolute Gasteiger partial charge is 0.472 e. The van der Waals surface area contributed by atoms with E-state index in [2.05, 4.69) is 130 Å². The third kappa shape index (κ3) is 75.2. The molecule has 0 rings (SSSR count). The average molecular weight is 1430 g/mol. The van der Waals surface area contributed by atoms with Crippen LogP contribution in [-0.4, -0.2) is 95.9 Å². The summed E-state index contributed by atoms with van der Waals surface area (Å²) < 4.78 is 61.0. The quantitative estimate of drug-likeness (QED) is 0.0146. The zero-order chi connectivity index (χ0) is 72.3. The van der Waals surface area contributed by atoms with Gasteiger partial charge in [-0.15, -0.1) is 0 Å². The van der Waals surface area contributed by atoms with Crippen LogP contribution in [0.15, 0.2) is 109 Å². The van der Waals surface area contributed by atoms with Gasteiger partial charge in [-0.2, -0.15) is 0 Å². The summed E-state index contributed by atoms with van der Waals surface area (Å²) in [7, 11) is -9.77. The smallest absolute Gasteiger partial charge is 0.463 e. The van der Waals surface area contributed by atoms with Gasteiger partial charge in [-0.05, 0) is 103 Å². The highest BCUT2D eigenvalue weighted by Crippen LogP contribution is 2.45. The molecule has 0 radical (unpaired) electrons. The number of phosphoric acid groups is 2. The van der Waals surface area contributed by atoms with Crippen molar-refractivity contribution < 1.29 is 75.8 Å². The molecule has 5 atom stereocenters. The van der Waals surface area contributed by atoms with Gasteiger partial charge < -0.3 is 34.2 Å². The highest BCUT2D eigenvalue weighted by Gasteiger charge is 2.29. The first-order chi connectivity index (χ1) is 48.2. The summed E-state index contributed by atoms with van der Waals surface area (Å²) in [6, 6.07) is 0. The Morgan fingerprint density at radius 2 is 0.535 bits per heavy atom. The van der Waals surface area contributed by atoms with Crippen molar-refractivity contribution in [3.8, 4) is 0 Å². The Morgan fingerprint density at radius 1 is 0.293 bits per heavy atom. The normalized spacial score (nSPS) is 14.6. The zero-order valence-electron chi connectivity index (χ0n) is 62.4. The summed E-state index contributed by atoms with van der Waals surface area (Å²) in [4.78, 5) is 58.4. The molecule has 0 bridgehead atoms. The van der Waals surface area contributed by atoms with E-state index in [1.165, 1.54) is 122 Å². The molecule has 0 fully saturated rings. The fourth-order valence-electron chi connectivity index (χ4n) is 10.6. The molecule has 0 aliphatic heterocycles. The highest BCUT2D eigenvalue weighted by molar-refractivity contribution is 7.47. The van der Waals surface area contributed by atoms with E-state index in [-0.39, 0.29) is 19.3 Å². The molecule has 0 aliphatic carbocycles. The minimum absolute atomic E-state index is 0.106. The molecular formula is C81H142O16P2. The van der Waals surface area contributed by atoms with Gasteiger partial charge in [0.15, 0.2) is 6.10 Å². The Morgan fingerprint density at radius 3 is 0.848 bits per heavy atom. The number of hydrogen-bond acceptors (Lipinski definition) is 14. The van der Waals surface area contributed by atoms with Crippen LogP contribution in [-0.2, 0) is 55.8 Å². The van der Waals surface area contributed by atoms with Crippen LogP contribution in [0.25, 0.3) is 0 Å². The second-order valence-corrected chi connectivity index (χ2v) is 29.0. The number of allylic oxidation sites excluding steroid dienone is 18. The summed E-state index contributed by atoms with van der Waals surface area (Å²) >= 11 is 0. The van der Waals surface area contributed by atoms with E-state index in [0.717, 1.165) is 148 Å². The molecule has 572 valence electrons. The lowest BCUT2D eigenvalue weighted by Gasteiger charge is -2.21. The Kier molecular flexibility index (Phi) is 71.1. The van der Waals surface area contributed by atoms with Gasteiger partial charge >= 0.3 is 33.6 Å². The predicted octanol–water partition coefficient (Wildman–Crippen LogP) is 22.8. The third-order valence-corrected chi connectivity index (χ3v) is 18.4. The number of esters is 3. The van der Waals surface area contributed by atoms with Crippen LogP contribution in [0.3, 0.4) is 0 Å². The summed E-state index contributed by atoms with van der Waals surface area (Å²) in [6.07, 6.45) is 86.0. The van der Waals surface area contributed by atoms with E-state index in [4.69, 9.17) is 32.3 Å². The molecule has 0 aromatic rings. The molecule has 0 spiro atoms. The Hall–Kier alpha value is -3.79. The summed E-state index contributed by atoms with van der Waals surface area (Å²) in [5.74, 6) is -1.57. The SMILES string of the molecule is CC/C=C\C/C=C\C/C=C\C/C=C\C/C=C\C/C=C\CCCCCCCCCCCCCCCCCCC(=O)OCC(O)COP(=O)(O)OCC(O)COP(=O)(O)OCC(COC(=O)CCCCCCCCC/C=C\C/C=C\C/C=C\CC)OC(=O)CCCCCCCCCCCCC. The van der Waals surface area contributed by atoms with Crippen molar-refractivity contribution in [2.75, 3.05) is 39.6 Å². The molecule has 0 saturated heterocycles. The number of carbonyl (C=O) groups is 3. The Labute approximate surface area is 602 Å². The lowest BCUT2D eigenvalue weighted by Crippen LogP contribution is -2.30. The first-order valence-corrected chi connectivity index (χ1v) is 42.2. The predicted molar refractivity (Wildman–Crippen MR) is 408 cm³/mol. The molecule has 18 heteroatoms. The molecule has 5 unspecified atom stereocenters. The van der Waals surface area contributed by atoms with Crippen molar-refractivity contribution in [1.82, 2.24) is 0 Å². The van der Waals surface area contributed by atoms with Gasteiger partial charge in [0, 0.05) is 19.3 Å². The number of phosphoric ester groups is 2. The summed E-state index contributed by atoms with van der Waals surface area (Å²) in [5.41, 5.74) is 0. The van der Waals surface area contributed by atoms with Crippen molar-refractivity contribution >= 4 is 33.6 Å². The van der Waals surface area contributed by atoms with Crippen molar-refractivity contribution in [1.29, 1.82) is 0 Å². The second-order valence-electron chi connectivity index (χ2n) is 26.1. The number of hydrogen-bond donors (Lipinski definition) is 4. The number of unbranched alkanes of at least 4 members (excludes halogenated alkanes) is 33. The van der Waals surface area contributed by atoms with E-state index in [9.17, 15) is 43.5 Å². The highest BCUT2D eigenvalue weighted by atomic mass is 31.2. The Balaban J connectivity index is 4.31. The van der Waals surface area contributed by atoms with E-state index in [1.54, 1.807) is 0 Å². The van der Waals surface area contributed by atoms with Crippen molar-refractivity contribution in [3.05, 3.63) is 109 Å². The van der Waals surface area contributed by atoms with Gasteiger partial charge in [-0.1, -0.05) is 316 Å². The molecule has 4 N–H and O–H groups in total. The van der Waals surface area contributed by atoms with Crippen LogP contribution in [0.4, 0.5) is 0 Å². The molecule has 0 saturated carbocycles. The fraction of sp³-hybridized carbons (Fsp3) is 0.741. The molecule has 0 heterocycles. The molecule has 0 aromatic carbocycles. The number of ether oxygens (including phenoxy) is 3. The number of rotatable bonds is 74. The van der Waals surface area contributed by atoms with E-state index in [0.29, 0.717) is 19.3 Å². The monoisotopic (exact) mass is 1430 g/mol. The van der Waals surface area contributed by atoms with E-state index >= 15 is 0 Å². The first kappa shape index (κ1) is 95.2. The summed E-state index contributed by atoms with van der Waals surface area (Å²) in [6.45, 7) is 2.46. The number of carbonyl (C=O) groups excluding carboxylic acids is 3. The van der Waals surface area contributed by atoms with Crippen LogP contribution >= 0.6 is 15.6 Å². The van der Waals surface area contributed by atoms with Gasteiger partial charge in [0.05, 0.1) is 26.4 Å². The van der Waals surface area contributed by atoms with Crippen LogP contribution in [0, 0.1) is 0 Å². The minimum Gasteiger partial charge on any atom is -0.463 e. The molecule has 99 heavy (non-hydrogen) atoms. The van der Waals surface area contributed by atoms with Gasteiger partial charge in [-0.3, -0.25) is 32.5 Å². The van der Waals surface area contributed by atoms with E-state index in [1.807, 2.05) is 0 Å². The lowest BCUT2D eigenvalue weighted by molar-refractivity contribution is -0.161. The number of aliphatic hydroxyl groups is 2. The van der Waals surface area contributed by atoms with Crippen LogP contribution in [0.5, 0.6) is 0 Å².